The molecule has 0 saturated carbocycles. The summed E-state index contributed by atoms with van der Waals surface area (Å²) in [4.78, 5) is 23.7. The highest BCUT2D eigenvalue weighted by Crippen LogP contribution is 2.43. The standard InChI is InChI=1S/C47H29N5/c1-3-7-34(8-4-1)45-50-46(35-9-5-2-6-10-35)52-47(51-45)42-18-14-33-12-16-40-39(15-11-32-13-17-41(42)44(33)43(32)40)38-28-36(30-19-23-48-24-20-30)27-37(29-38)31-21-25-49-26-22-31/h1-29H. The maximum Gasteiger partial charge on any atom is 0.164 e. The van der Waals surface area contributed by atoms with Crippen LogP contribution in [0.25, 0.3) is 99.9 Å². The highest BCUT2D eigenvalue weighted by atomic mass is 15.0. The molecule has 10 aromatic rings. The third-order valence-electron chi connectivity index (χ3n) is 9.88. The van der Waals surface area contributed by atoms with Gasteiger partial charge in [-0.3, -0.25) is 9.97 Å². The Hall–Kier alpha value is -7.11. The average molecular weight is 664 g/mol. The molecule has 0 N–H and O–H groups in total. The molecule has 0 aliphatic heterocycles. The summed E-state index contributed by atoms with van der Waals surface area (Å²) in [5.74, 6) is 1.95. The maximum atomic E-state index is 5.09. The van der Waals surface area contributed by atoms with Crippen molar-refractivity contribution in [2.24, 2.45) is 0 Å². The number of hydrogen-bond donors (Lipinski definition) is 0. The Balaban J connectivity index is 1.20. The Bertz CT molecular complexity index is 2560. The number of hydrogen-bond acceptors (Lipinski definition) is 5. The van der Waals surface area contributed by atoms with Crippen molar-refractivity contribution in [3.8, 4) is 67.5 Å². The molecule has 3 heterocycles. The topological polar surface area (TPSA) is 64.5 Å². The van der Waals surface area contributed by atoms with Crippen molar-refractivity contribution in [1.29, 1.82) is 0 Å². The van der Waals surface area contributed by atoms with Crippen LogP contribution in [0.3, 0.4) is 0 Å². The fourth-order valence-corrected chi connectivity index (χ4v) is 7.38. The molecular weight excluding hydrogens is 635 g/mol. The van der Waals surface area contributed by atoms with Gasteiger partial charge in [0.05, 0.1) is 0 Å². The molecule has 0 radical (unpaired) electrons. The smallest absolute Gasteiger partial charge is 0.164 e. The van der Waals surface area contributed by atoms with Crippen LogP contribution in [0, 0.1) is 0 Å². The lowest BCUT2D eigenvalue weighted by atomic mass is 9.87. The van der Waals surface area contributed by atoms with Gasteiger partial charge in [0.15, 0.2) is 17.5 Å². The molecular formula is C47H29N5. The third-order valence-corrected chi connectivity index (χ3v) is 9.88. The number of aromatic nitrogens is 5. The van der Waals surface area contributed by atoms with E-state index in [9.17, 15) is 0 Å². The van der Waals surface area contributed by atoms with Crippen LogP contribution in [-0.4, -0.2) is 24.9 Å². The van der Waals surface area contributed by atoms with Crippen molar-refractivity contribution in [2.75, 3.05) is 0 Å². The molecule has 7 aromatic carbocycles. The summed E-state index contributed by atoms with van der Waals surface area (Å²) >= 11 is 0. The summed E-state index contributed by atoms with van der Waals surface area (Å²) in [7, 11) is 0. The van der Waals surface area contributed by atoms with Gasteiger partial charge in [0.1, 0.15) is 0 Å². The fraction of sp³-hybridized carbons (Fsp3) is 0. The Morgan fingerprint density at radius 2 is 0.712 bits per heavy atom. The van der Waals surface area contributed by atoms with Crippen LogP contribution < -0.4 is 0 Å². The summed E-state index contributed by atoms with van der Waals surface area (Å²) < 4.78 is 0. The maximum absolute atomic E-state index is 5.09. The average Bonchev–Trinajstić information content (AvgIpc) is 3.23. The summed E-state index contributed by atoms with van der Waals surface area (Å²) in [6, 6.07) is 53.2. The van der Waals surface area contributed by atoms with Crippen molar-refractivity contribution in [2.45, 2.75) is 0 Å². The summed E-state index contributed by atoms with van der Waals surface area (Å²) in [5, 5.41) is 7.12. The number of pyridine rings is 2. The Kier molecular flexibility index (Phi) is 7.07. The van der Waals surface area contributed by atoms with Crippen LogP contribution in [0.5, 0.6) is 0 Å². The van der Waals surface area contributed by atoms with Gasteiger partial charge >= 0.3 is 0 Å². The molecule has 0 bridgehead atoms. The van der Waals surface area contributed by atoms with Crippen molar-refractivity contribution < 1.29 is 0 Å². The van der Waals surface area contributed by atoms with E-state index >= 15 is 0 Å². The normalized spacial score (nSPS) is 11.5. The molecule has 0 aliphatic rings. The Morgan fingerprint density at radius 3 is 1.23 bits per heavy atom. The van der Waals surface area contributed by atoms with Gasteiger partial charge < -0.3 is 0 Å². The van der Waals surface area contributed by atoms with Crippen molar-refractivity contribution in [1.82, 2.24) is 24.9 Å². The highest BCUT2D eigenvalue weighted by molar-refractivity contribution is 6.27. The molecule has 0 amide bonds. The first kappa shape index (κ1) is 29.8. The van der Waals surface area contributed by atoms with E-state index in [4.69, 9.17) is 15.0 Å². The molecule has 52 heavy (non-hydrogen) atoms. The first-order valence-corrected chi connectivity index (χ1v) is 17.3. The van der Waals surface area contributed by atoms with Crippen molar-refractivity contribution in [3.63, 3.8) is 0 Å². The minimum atomic E-state index is 0.650. The van der Waals surface area contributed by atoms with E-state index < -0.39 is 0 Å². The van der Waals surface area contributed by atoms with Crippen LogP contribution in [-0.2, 0) is 0 Å². The third kappa shape index (κ3) is 5.15. The first-order chi connectivity index (χ1) is 25.8. The highest BCUT2D eigenvalue weighted by Gasteiger charge is 2.19. The van der Waals surface area contributed by atoms with Crippen LogP contribution in [0.15, 0.2) is 176 Å². The first-order valence-electron chi connectivity index (χ1n) is 17.3. The zero-order chi connectivity index (χ0) is 34.4. The molecule has 0 unspecified atom stereocenters. The summed E-state index contributed by atoms with van der Waals surface area (Å²) in [5.41, 5.74) is 9.72. The zero-order valence-electron chi connectivity index (χ0n) is 28.0. The quantitative estimate of drug-likeness (QED) is 0.166. The van der Waals surface area contributed by atoms with E-state index in [1.807, 2.05) is 85.5 Å². The van der Waals surface area contributed by atoms with E-state index in [2.05, 4.69) is 101 Å². The molecule has 5 heteroatoms. The molecule has 10 rings (SSSR count). The second-order valence-electron chi connectivity index (χ2n) is 13.0. The van der Waals surface area contributed by atoms with E-state index in [1.54, 1.807) is 0 Å². The lowest BCUT2D eigenvalue weighted by molar-refractivity contribution is 1.08. The van der Waals surface area contributed by atoms with Crippen LogP contribution >= 0.6 is 0 Å². The second kappa shape index (κ2) is 12.3. The Morgan fingerprint density at radius 1 is 0.288 bits per heavy atom. The fourth-order valence-electron chi connectivity index (χ4n) is 7.38. The van der Waals surface area contributed by atoms with Gasteiger partial charge in [-0.05, 0) is 114 Å². The minimum absolute atomic E-state index is 0.650. The second-order valence-corrected chi connectivity index (χ2v) is 13.0. The zero-order valence-corrected chi connectivity index (χ0v) is 28.0. The molecule has 0 saturated heterocycles. The van der Waals surface area contributed by atoms with Gasteiger partial charge in [0, 0.05) is 41.5 Å². The number of rotatable bonds is 6. The van der Waals surface area contributed by atoms with Crippen molar-refractivity contribution >= 4 is 32.3 Å². The summed E-state index contributed by atoms with van der Waals surface area (Å²) in [6.07, 6.45) is 7.39. The predicted molar refractivity (Wildman–Crippen MR) is 212 cm³/mol. The van der Waals surface area contributed by atoms with Crippen LogP contribution in [0.4, 0.5) is 0 Å². The van der Waals surface area contributed by atoms with Crippen LogP contribution in [0.2, 0.25) is 0 Å². The van der Waals surface area contributed by atoms with E-state index in [-0.39, 0.29) is 0 Å². The number of nitrogens with zero attached hydrogens (tertiary/aromatic N) is 5. The molecule has 0 fully saturated rings. The molecule has 3 aromatic heterocycles. The Labute approximate surface area is 300 Å². The number of benzene rings is 7. The van der Waals surface area contributed by atoms with Gasteiger partial charge in [-0.15, -0.1) is 0 Å². The van der Waals surface area contributed by atoms with Gasteiger partial charge in [-0.25, -0.2) is 15.0 Å². The lowest BCUT2D eigenvalue weighted by Gasteiger charge is -2.17. The van der Waals surface area contributed by atoms with E-state index in [0.29, 0.717) is 17.5 Å². The van der Waals surface area contributed by atoms with Gasteiger partial charge in [-0.2, -0.15) is 0 Å². The van der Waals surface area contributed by atoms with E-state index in [0.717, 1.165) is 49.9 Å². The predicted octanol–water partition coefficient (Wildman–Crippen LogP) is 11.6. The lowest BCUT2D eigenvalue weighted by Crippen LogP contribution is -2.00. The molecule has 242 valence electrons. The van der Waals surface area contributed by atoms with Gasteiger partial charge in [-0.1, -0.05) is 103 Å². The molecule has 0 spiro atoms. The summed E-state index contributed by atoms with van der Waals surface area (Å²) in [6.45, 7) is 0. The van der Waals surface area contributed by atoms with Crippen LogP contribution in [0.1, 0.15) is 0 Å². The largest absolute Gasteiger partial charge is 0.265 e. The van der Waals surface area contributed by atoms with E-state index in [1.165, 1.54) is 32.5 Å². The SMILES string of the molecule is c1ccc(-c2nc(-c3ccccc3)nc(-c3ccc4ccc5c(-c6cc(-c7ccncc7)cc(-c7ccncc7)c6)ccc6ccc3c4c65)n2)cc1. The monoisotopic (exact) mass is 663 g/mol. The van der Waals surface area contributed by atoms with Gasteiger partial charge in [0.25, 0.3) is 0 Å². The van der Waals surface area contributed by atoms with Gasteiger partial charge in [0.2, 0.25) is 0 Å². The molecule has 0 atom stereocenters. The minimum Gasteiger partial charge on any atom is -0.265 e. The van der Waals surface area contributed by atoms with Crippen molar-refractivity contribution in [3.05, 3.63) is 176 Å². The molecule has 0 aliphatic carbocycles. The molecule has 5 nitrogen and oxygen atoms in total.